The molecule has 0 fully saturated rings. The molecule has 2 aromatic rings. The minimum Gasteiger partial charge on any atom is -0.456 e. The Balaban J connectivity index is 2.28. The van der Waals surface area contributed by atoms with E-state index in [2.05, 4.69) is 0 Å². The van der Waals surface area contributed by atoms with Crippen LogP contribution >= 0.6 is 23.2 Å². The fourth-order valence-corrected chi connectivity index (χ4v) is 1.64. The monoisotopic (exact) mass is 252 g/mol. The van der Waals surface area contributed by atoms with Gasteiger partial charge in [-0.15, -0.1) is 0 Å². The van der Waals surface area contributed by atoms with Gasteiger partial charge in [-0.2, -0.15) is 0 Å². The predicted octanol–water partition coefficient (Wildman–Crippen LogP) is 5.09. The van der Waals surface area contributed by atoms with Crippen LogP contribution in [0.3, 0.4) is 0 Å². The summed E-state index contributed by atoms with van der Waals surface area (Å²) in [4.78, 5) is 0. The number of para-hydroxylation sites is 1. The second-order valence-electron chi connectivity index (χ2n) is 3.44. The molecule has 0 saturated heterocycles. The summed E-state index contributed by atoms with van der Waals surface area (Å²) >= 11 is 12.0. The van der Waals surface area contributed by atoms with Crippen molar-refractivity contribution in [2.75, 3.05) is 0 Å². The van der Waals surface area contributed by atoms with Gasteiger partial charge >= 0.3 is 0 Å². The molecule has 0 saturated carbocycles. The van der Waals surface area contributed by atoms with Crippen LogP contribution in [-0.2, 0) is 0 Å². The smallest absolute Gasteiger partial charge is 0.146 e. The molecule has 82 valence electrons. The summed E-state index contributed by atoms with van der Waals surface area (Å²) in [6.07, 6.45) is 0. The zero-order valence-electron chi connectivity index (χ0n) is 8.71. The predicted molar refractivity (Wildman–Crippen MR) is 67.7 cm³/mol. The molecule has 0 heterocycles. The van der Waals surface area contributed by atoms with Crippen molar-refractivity contribution in [1.29, 1.82) is 0 Å². The van der Waals surface area contributed by atoms with Crippen LogP contribution in [0.15, 0.2) is 42.5 Å². The van der Waals surface area contributed by atoms with Crippen LogP contribution in [0, 0.1) is 6.92 Å². The molecule has 0 radical (unpaired) electrons. The van der Waals surface area contributed by atoms with Gasteiger partial charge in [0.05, 0.1) is 5.02 Å². The molecule has 1 nitrogen and oxygen atoms in total. The van der Waals surface area contributed by atoms with Gasteiger partial charge < -0.3 is 4.74 Å². The van der Waals surface area contributed by atoms with Crippen LogP contribution in [0.25, 0.3) is 0 Å². The molecule has 0 amide bonds. The summed E-state index contributed by atoms with van der Waals surface area (Å²) in [6, 6.07) is 12.9. The van der Waals surface area contributed by atoms with Crippen LogP contribution in [0.5, 0.6) is 11.5 Å². The van der Waals surface area contributed by atoms with Crippen molar-refractivity contribution in [3.05, 3.63) is 58.1 Å². The van der Waals surface area contributed by atoms with Crippen molar-refractivity contribution in [3.8, 4) is 11.5 Å². The summed E-state index contributed by atoms with van der Waals surface area (Å²) in [5.41, 5.74) is 1.02. The Kier molecular flexibility index (Phi) is 3.37. The quantitative estimate of drug-likeness (QED) is 0.723. The van der Waals surface area contributed by atoms with Gasteiger partial charge in [0, 0.05) is 5.02 Å². The van der Waals surface area contributed by atoms with E-state index < -0.39 is 0 Å². The largest absolute Gasteiger partial charge is 0.456 e. The molecule has 2 rings (SSSR count). The minimum absolute atomic E-state index is 0.583. The molecule has 0 spiro atoms. The van der Waals surface area contributed by atoms with E-state index in [9.17, 15) is 0 Å². The summed E-state index contributed by atoms with van der Waals surface area (Å²) in [5.74, 6) is 1.31. The van der Waals surface area contributed by atoms with E-state index in [-0.39, 0.29) is 0 Å². The molecular formula is C13H10Cl2O. The Morgan fingerprint density at radius 3 is 2.38 bits per heavy atom. The van der Waals surface area contributed by atoms with E-state index in [1.807, 2.05) is 37.3 Å². The zero-order valence-corrected chi connectivity index (χ0v) is 10.2. The third-order valence-corrected chi connectivity index (χ3v) is 2.93. The van der Waals surface area contributed by atoms with Gasteiger partial charge in [-0.05, 0) is 36.8 Å². The van der Waals surface area contributed by atoms with E-state index in [4.69, 9.17) is 27.9 Å². The number of ether oxygens (including phenoxy) is 1. The Morgan fingerprint density at radius 1 is 0.938 bits per heavy atom. The Labute approximate surface area is 105 Å². The first-order valence-corrected chi connectivity index (χ1v) is 5.61. The molecule has 0 atom stereocenters. The second kappa shape index (κ2) is 4.77. The summed E-state index contributed by atoms with van der Waals surface area (Å²) < 4.78 is 5.63. The highest BCUT2D eigenvalue weighted by molar-refractivity contribution is 6.32. The lowest BCUT2D eigenvalue weighted by Crippen LogP contribution is -1.85. The Hall–Kier alpha value is -1.18. The molecule has 0 aliphatic carbocycles. The first-order valence-electron chi connectivity index (χ1n) is 4.85. The van der Waals surface area contributed by atoms with Crippen molar-refractivity contribution < 1.29 is 4.74 Å². The van der Waals surface area contributed by atoms with E-state index in [0.29, 0.717) is 21.5 Å². The van der Waals surface area contributed by atoms with Gasteiger partial charge in [-0.3, -0.25) is 0 Å². The number of aryl methyl sites for hydroxylation is 1. The van der Waals surface area contributed by atoms with Crippen molar-refractivity contribution in [1.82, 2.24) is 0 Å². The molecule has 0 unspecified atom stereocenters. The fourth-order valence-electron chi connectivity index (χ4n) is 1.29. The molecule has 16 heavy (non-hydrogen) atoms. The SMILES string of the molecule is Cc1ccc(Oc2ccccc2Cl)cc1Cl. The van der Waals surface area contributed by atoms with Gasteiger partial charge in [0.2, 0.25) is 0 Å². The molecular weight excluding hydrogens is 243 g/mol. The lowest BCUT2D eigenvalue weighted by molar-refractivity contribution is 0.483. The third kappa shape index (κ3) is 2.49. The van der Waals surface area contributed by atoms with E-state index >= 15 is 0 Å². The summed E-state index contributed by atoms with van der Waals surface area (Å²) in [7, 11) is 0. The van der Waals surface area contributed by atoms with E-state index in [1.54, 1.807) is 12.1 Å². The Bertz CT molecular complexity index is 509. The number of halogens is 2. The van der Waals surface area contributed by atoms with Crippen molar-refractivity contribution in [2.24, 2.45) is 0 Å². The van der Waals surface area contributed by atoms with Crippen LogP contribution in [0.1, 0.15) is 5.56 Å². The maximum absolute atomic E-state index is 6.01. The number of hydrogen-bond acceptors (Lipinski definition) is 1. The van der Waals surface area contributed by atoms with Crippen molar-refractivity contribution >= 4 is 23.2 Å². The van der Waals surface area contributed by atoms with Crippen LogP contribution in [0.4, 0.5) is 0 Å². The Morgan fingerprint density at radius 2 is 1.69 bits per heavy atom. The number of hydrogen-bond donors (Lipinski definition) is 0. The van der Waals surface area contributed by atoms with E-state index in [1.165, 1.54) is 0 Å². The maximum Gasteiger partial charge on any atom is 0.146 e. The molecule has 0 aliphatic rings. The molecule has 0 N–H and O–H groups in total. The highest BCUT2D eigenvalue weighted by atomic mass is 35.5. The average molecular weight is 253 g/mol. The van der Waals surface area contributed by atoms with E-state index in [0.717, 1.165) is 5.56 Å². The van der Waals surface area contributed by atoms with Crippen molar-refractivity contribution in [2.45, 2.75) is 6.92 Å². The standard InChI is InChI=1S/C13H10Cl2O/c1-9-6-7-10(8-12(9)15)16-13-5-3-2-4-11(13)14/h2-8H,1H3. The minimum atomic E-state index is 0.583. The molecule has 3 heteroatoms. The normalized spacial score (nSPS) is 10.2. The number of rotatable bonds is 2. The van der Waals surface area contributed by atoms with Gasteiger partial charge in [0.15, 0.2) is 0 Å². The van der Waals surface area contributed by atoms with Crippen molar-refractivity contribution in [3.63, 3.8) is 0 Å². The molecule has 2 aromatic carbocycles. The zero-order chi connectivity index (χ0) is 11.5. The maximum atomic E-state index is 6.01. The third-order valence-electron chi connectivity index (χ3n) is 2.21. The average Bonchev–Trinajstić information content (AvgIpc) is 2.27. The molecule has 0 aliphatic heterocycles. The second-order valence-corrected chi connectivity index (χ2v) is 4.26. The van der Waals surface area contributed by atoms with Gasteiger partial charge in [0.25, 0.3) is 0 Å². The van der Waals surface area contributed by atoms with Gasteiger partial charge in [-0.1, -0.05) is 41.4 Å². The van der Waals surface area contributed by atoms with Gasteiger partial charge in [-0.25, -0.2) is 0 Å². The van der Waals surface area contributed by atoms with Crippen LogP contribution in [-0.4, -0.2) is 0 Å². The summed E-state index contributed by atoms with van der Waals surface area (Å²) in [6.45, 7) is 1.95. The molecule has 0 bridgehead atoms. The topological polar surface area (TPSA) is 9.23 Å². The number of benzene rings is 2. The lowest BCUT2D eigenvalue weighted by Gasteiger charge is -2.08. The van der Waals surface area contributed by atoms with Crippen LogP contribution < -0.4 is 4.74 Å². The first kappa shape index (κ1) is 11.3. The fraction of sp³-hybridized carbons (Fsp3) is 0.0769. The first-order chi connectivity index (χ1) is 7.66. The molecule has 0 aromatic heterocycles. The summed E-state index contributed by atoms with van der Waals surface area (Å²) in [5, 5.41) is 1.27. The highest BCUT2D eigenvalue weighted by Crippen LogP contribution is 2.30. The van der Waals surface area contributed by atoms with Gasteiger partial charge in [0.1, 0.15) is 11.5 Å². The lowest BCUT2D eigenvalue weighted by atomic mass is 10.2. The highest BCUT2D eigenvalue weighted by Gasteiger charge is 2.03. The van der Waals surface area contributed by atoms with Crippen LogP contribution in [0.2, 0.25) is 10.0 Å².